The fourth-order valence-electron chi connectivity index (χ4n) is 3.04. The van der Waals surface area contributed by atoms with Gasteiger partial charge in [-0.1, -0.05) is 12.1 Å². The number of nitrogens with zero attached hydrogens (tertiary/aromatic N) is 2. The lowest BCUT2D eigenvalue weighted by Crippen LogP contribution is -2.16. The highest BCUT2D eigenvalue weighted by atomic mass is 19.1. The van der Waals surface area contributed by atoms with Crippen LogP contribution in [0.4, 0.5) is 4.39 Å². The third-order valence-corrected chi connectivity index (χ3v) is 4.20. The van der Waals surface area contributed by atoms with Crippen LogP contribution in [0.5, 0.6) is 5.75 Å². The van der Waals surface area contributed by atoms with Gasteiger partial charge in [0.1, 0.15) is 18.2 Å². The van der Waals surface area contributed by atoms with E-state index in [0.717, 1.165) is 35.3 Å². The molecule has 2 heterocycles. The fraction of sp³-hybridized carbons (Fsp3) is 0.222. The van der Waals surface area contributed by atoms with E-state index in [9.17, 15) is 9.18 Å². The van der Waals surface area contributed by atoms with Gasteiger partial charge in [-0.15, -0.1) is 0 Å². The highest BCUT2D eigenvalue weighted by Gasteiger charge is 2.18. The van der Waals surface area contributed by atoms with Gasteiger partial charge in [-0.05, 0) is 54.3 Å². The maximum atomic E-state index is 13.2. The Labute approximate surface area is 137 Å². The molecule has 0 spiro atoms. The maximum Gasteiger partial charge on any atom is 0.343 e. The molecule has 0 amide bonds. The van der Waals surface area contributed by atoms with E-state index in [0.29, 0.717) is 19.0 Å². The Morgan fingerprint density at radius 2 is 2.17 bits per heavy atom. The molecule has 4 rings (SSSR count). The number of benzene rings is 2. The van der Waals surface area contributed by atoms with E-state index >= 15 is 0 Å². The van der Waals surface area contributed by atoms with E-state index in [1.54, 1.807) is 10.6 Å². The smallest absolute Gasteiger partial charge is 0.343 e. The highest BCUT2D eigenvalue weighted by molar-refractivity contribution is 5.62. The first-order chi connectivity index (χ1) is 11.7. The SMILES string of the molecule is O=c1[nH]nc2n1CCCc1cc(OCc3cccc(F)c3)ccc1-2. The first kappa shape index (κ1) is 14.7. The molecule has 6 heteroatoms. The lowest BCUT2D eigenvalue weighted by atomic mass is 10.0. The van der Waals surface area contributed by atoms with Gasteiger partial charge in [0.05, 0.1) is 0 Å². The first-order valence-corrected chi connectivity index (χ1v) is 7.86. The topological polar surface area (TPSA) is 59.9 Å². The Balaban J connectivity index is 1.60. The minimum Gasteiger partial charge on any atom is -0.489 e. The molecule has 3 aromatic rings. The second-order valence-corrected chi connectivity index (χ2v) is 5.85. The summed E-state index contributed by atoms with van der Waals surface area (Å²) in [6, 6.07) is 12.1. The van der Waals surface area contributed by atoms with E-state index in [-0.39, 0.29) is 11.5 Å². The molecule has 0 saturated heterocycles. The second kappa shape index (κ2) is 5.96. The zero-order chi connectivity index (χ0) is 16.5. The monoisotopic (exact) mass is 325 g/mol. The van der Waals surface area contributed by atoms with Crippen molar-refractivity contribution in [3.8, 4) is 17.1 Å². The maximum absolute atomic E-state index is 13.2. The molecule has 2 aromatic carbocycles. The molecule has 0 aliphatic carbocycles. The summed E-state index contributed by atoms with van der Waals surface area (Å²) in [6.07, 6.45) is 1.72. The number of fused-ring (bicyclic) bond motifs is 3. The summed E-state index contributed by atoms with van der Waals surface area (Å²) in [5, 5.41) is 6.64. The third kappa shape index (κ3) is 2.71. The van der Waals surface area contributed by atoms with Crippen LogP contribution in [0.2, 0.25) is 0 Å². The van der Waals surface area contributed by atoms with Gasteiger partial charge in [0.15, 0.2) is 5.82 Å². The van der Waals surface area contributed by atoms with Crippen LogP contribution in [0.15, 0.2) is 47.3 Å². The van der Waals surface area contributed by atoms with Crippen LogP contribution in [-0.4, -0.2) is 14.8 Å². The van der Waals surface area contributed by atoms with Crippen LogP contribution in [-0.2, 0) is 19.6 Å². The summed E-state index contributed by atoms with van der Waals surface area (Å²) >= 11 is 0. The van der Waals surface area contributed by atoms with Gasteiger partial charge in [-0.25, -0.2) is 14.3 Å². The molecular formula is C18H16FN3O2. The Hall–Kier alpha value is -2.89. The van der Waals surface area contributed by atoms with Crippen LogP contribution >= 0.6 is 0 Å². The molecular weight excluding hydrogens is 309 g/mol. The number of hydrogen-bond donors (Lipinski definition) is 1. The van der Waals surface area contributed by atoms with Gasteiger partial charge in [0, 0.05) is 12.1 Å². The number of nitrogens with one attached hydrogen (secondary N) is 1. The van der Waals surface area contributed by atoms with Crippen LogP contribution in [0.25, 0.3) is 11.4 Å². The van der Waals surface area contributed by atoms with Crippen molar-refractivity contribution >= 4 is 0 Å². The van der Waals surface area contributed by atoms with E-state index in [1.165, 1.54) is 12.1 Å². The van der Waals surface area contributed by atoms with E-state index < -0.39 is 0 Å². The zero-order valence-corrected chi connectivity index (χ0v) is 13.0. The summed E-state index contributed by atoms with van der Waals surface area (Å²) in [5.41, 5.74) is 2.66. The molecule has 24 heavy (non-hydrogen) atoms. The van der Waals surface area contributed by atoms with Crippen molar-refractivity contribution in [1.29, 1.82) is 0 Å². The standard InChI is InChI=1S/C18H16FN3O2/c19-14-5-1-3-12(9-14)11-24-15-6-7-16-13(10-15)4-2-8-22-17(16)20-21-18(22)23/h1,3,5-7,9-10H,2,4,8,11H2,(H,21,23). The van der Waals surface area contributed by atoms with Gasteiger partial charge in [-0.3, -0.25) is 4.57 Å². The minimum absolute atomic E-state index is 0.177. The number of aromatic amines is 1. The number of hydrogen-bond acceptors (Lipinski definition) is 3. The fourth-order valence-corrected chi connectivity index (χ4v) is 3.04. The van der Waals surface area contributed by atoms with Crippen LogP contribution in [0, 0.1) is 5.82 Å². The van der Waals surface area contributed by atoms with E-state index in [1.807, 2.05) is 24.3 Å². The van der Waals surface area contributed by atoms with Gasteiger partial charge in [0.25, 0.3) is 0 Å². The number of ether oxygens (including phenoxy) is 1. The lowest BCUT2D eigenvalue weighted by molar-refractivity contribution is 0.305. The number of halogens is 1. The van der Waals surface area contributed by atoms with Crippen molar-refractivity contribution in [1.82, 2.24) is 14.8 Å². The van der Waals surface area contributed by atoms with Crippen molar-refractivity contribution < 1.29 is 9.13 Å². The number of aryl methyl sites for hydroxylation is 1. The number of H-pyrrole nitrogens is 1. The molecule has 122 valence electrons. The number of aromatic nitrogens is 3. The Morgan fingerprint density at radius 3 is 3.04 bits per heavy atom. The molecule has 0 fully saturated rings. The van der Waals surface area contributed by atoms with Crippen molar-refractivity contribution in [2.24, 2.45) is 0 Å². The molecule has 0 saturated carbocycles. The first-order valence-electron chi connectivity index (χ1n) is 7.86. The molecule has 1 aliphatic rings. The second-order valence-electron chi connectivity index (χ2n) is 5.85. The molecule has 0 atom stereocenters. The quantitative estimate of drug-likeness (QED) is 0.805. The molecule has 0 unspecified atom stereocenters. The van der Waals surface area contributed by atoms with Crippen LogP contribution < -0.4 is 10.4 Å². The summed E-state index contributed by atoms with van der Waals surface area (Å²) in [5.74, 6) is 1.13. The molecule has 0 radical (unpaired) electrons. The number of rotatable bonds is 3. The van der Waals surface area contributed by atoms with Crippen molar-refractivity contribution in [3.05, 3.63) is 69.9 Å². The summed E-state index contributed by atoms with van der Waals surface area (Å²) in [4.78, 5) is 11.8. The molecule has 5 nitrogen and oxygen atoms in total. The zero-order valence-electron chi connectivity index (χ0n) is 13.0. The molecule has 0 bridgehead atoms. The minimum atomic E-state index is -0.269. The van der Waals surface area contributed by atoms with E-state index in [4.69, 9.17) is 4.74 Å². The van der Waals surface area contributed by atoms with Crippen molar-refractivity contribution in [2.45, 2.75) is 26.0 Å². The summed E-state index contributed by atoms with van der Waals surface area (Å²) < 4.78 is 20.7. The molecule has 1 aliphatic heterocycles. The van der Waals surface area contributed by atoms with Crippen molar-refractivity contribution in [2.75, 3.05) is 0 Å². The normalized spacial score (nSPS) is 13.0. The lowest BCUT2D eigenvalue weighted by Gasteiger charge is -2.10. The predicted molar refractivity (Wildman–Crippen MR) is 87.3 cm³/mol. The van der Waals surface area contributed by atoms with E-state index in [2.05, 4.69) is 10.2 Å². The van der Waals surface area contributed by atoms with Gasteiger partial charge >= 0.3 is 5.69 Å². The Kier molecular flexibility index (Phi) is 3.65. The highest BCUT2D eigenvalue weighted by Crippen LogP contribution is 2.29. The predicted octanol–water partition coefficient (Wildman–Crippen LogP) is 2.90. The van der Waals surface area contributed by atoms with Crippen LogP contribution in [0.3, 0.4) is 0 Å². The molecule has 1 N–H and O–H groups in total. The average Bonchev–Trinajstić information content (AvgIpc) is 2.84. The van der Waals surface area contributed by atoms with Gasteiger partial charge in [0.2, 0.25) is 0 Å². The van der Waals surface area contributed by atoms with Gasteiger partial charge < -0.3 is 4.74 Å². The Bertz CT molecular complexity index is 945. The summed E-state index contributed by atoms with van der Waals surface area (Å²) in [6.45, 7) is 0.961. The van der Waals surface area contributed by atoms with Crippen LogP contribution in [0.1, 0.15) is 17.5 Å². The summed E-state index contributed by atoms with van der Waals surface area (Å²) in [7, 11) is 0. The third-order valence-electron chi connectivity index (χ3n) is 4.20. The largest absolute Gasteiger partial charge is 0.489 e. The average molecular weight is 325 g/mol. The Morgan fingerprint density at radius 1 is 1.25 bits per heavy atom. The van der Waals surface area contributed by atoms with Gasteiger partial charge in [-0.2, -0.15) is 5.10 Å². The van der Waals surface area contributed by atoms with Crippen molar-refractivity contribution in [3.63, 3.8) is 0 Å². The molecule has 1 aromatic heterocycles.